The van der Waals surface area contributed by atoms with Crippen molar-refractivity contribution in [2.75, 3.05) is 11.9 Å². The van der Waals surface area contributed by atoms with Crippen LogP contribution in [0.15, 0.2) is 54.6 Å². The van der Waals surface area contributed by atoms with Crippen molar-refractivity contribution in [2.45, 2.75) is 0 Å². The minimum atomic E-state index is 0.201. The van der Waals surface area contributed by atoms with Crippen molar-refractivity contribution in [2.24, 2.45) is 0 Å². The summed E-state index contributed by atoms with van der Waals surface area (Å²) in [6.07, 6.45) is 0. The molecule has 0 amide bonds. The van der Waals surface area contributed by atoms with Crippen molar-refractivity contribution in [3.05, 3.63) is 64.6 Å². The maximum absolute atomic E-state index is 10.3. The number of anilines is 2. The first-order valence-electron chi connectivity index (χ1n) is 6.47. The van der Waals surface area contributed by atoms with Gasteiger partial charge in [-0.2, -0.15) is 0 Å². The molecule has 0 atom stereocenters. The molecule has 0 saturated carbocycles. The first kappa shape index (κ1) is 14.1. The molecule has 0 unspecified atom stereocenters. The molecule has 0 heterocycles. The lowest BCUT2D eigenvalue weighted by molar-refractivity contribution is 0.477. The lowest BCUT2D eigenvalue weighted by Gasteiger charge is -2.23. The SMILES string of the molecule is CN(c1cc(Cl)ccc1Cl)c1c(O)ccc2ccccc12. The van der Waals surface area contributed by atoms with E-state index in [4.69, 9.17) is 23.2 Å². The third-order valence-electron chi connectivity index (χ3n) is 3.48. The molecule has 0 aliphatic carbocycles. The molecule has 21 heavy (non-hydrogen) atoms. The van der Waals surface area contributed by atoms with E-state index in [0.717, 1.165) is 16.5 Å². The van der Waals surface area contributed by atoms with Crippen LogP contribution in [0.5, 0.6) is 5.75 Å². The van der Waals surface area contributed by atoms with Crippen LogP contribution in [0.1, 0.15) is 0 Å². The number of nitrogens with zero attached hydrogens (tertiary/aromatic N) is 1. The van der Waals surface area contributed by atoms with E-state index in [1.54, 1.807) is 24.3 Å². The second-order valence-electron chi connectivity index (χ2n) is 4.81. The molecule has 3 aromatic carbocycles. The summed E-state index contributed by atoms with van der Waals surface area (Å²) in [6, 6.07) is 16.7. The fourth-order valence-electron chi connectivity index (χ4n) is 2.46. The summed E-state index contributed by atoms with van der Waals surface area (Å²) in [7, 11) is 1.86. The lowest BCUT2D eigenvalue weighted by Crippen LogP contribution is -2.10. The highest BCUT2D eigenvalue weighted by atomic mass is 35.5. The summed E-state index contributed by atoms with van der Waals surface area (Å²) in [6.45, 7) is 0. The highest BCUT2D eigenvalue weighted by Gasteiger charge is 2.15. The first-order chi connectivity index (χ1) is 10.1. The third kappa shape index (κ3) is 2.53. The number of aromatic hydroxyl groups is 1. The fourth-order valence-corrected chi connectivity index (χ4v) is 2.87. The molecule has 0 aromatic heterocycles. The summed E-state index contributed by atoms with van der Waals surface area (Å²) in [5, 5.41) is 13.5. The molecular weight excluding hydrogens is 305 g/mol. The van der Waals surface area contributed by atoms with Crippen molar-refractivity contribution in [1.82, 2.24) is 0 Å². The van der Waals surface area contributed by atoms with E-state index in [1.807, 2.05) is 42.3 Å². The van der Waals surface area contributed by atoms with Gasteiger partial charge >= 0.3 is 0 Å². The van der Waals surface area contributed by atoms with Crippen molar-refractivity contribution < 1.29 is 5.11 Å². The summed E-state index contributed by atoms with van der Waals surface area (Å²) >= 11 is 12.3. The highest BCUT2D eigenvalue weighted by molar-refractivity contribution is 6.35. The average Bonchev–Trinajstić information content (AvgIpc) is 2.49. The molecule has 0 aliphatic heterocycles. The number of halogens is 2. The van der Waals surface area contributed by atoms with E-state index in [1.165, 1.54) is 0 Å². The Morgan fingerprint density at radius 2 is 1.71 bits per heavy atom. The van der Waals surface area contributed by atoms with Gasteiger partial charge in [-0.15, -0.1) is 0 Å². The quantitative estimate of drug-likeness (QED) is 0.663. The molecule has 0 fully saturated rings. The van der Waals surface area contributed by atoms with E-state index >= 15 is 0 Å². The smallest absolute Gasteiger partial charge is 0.139 e. The van der Waals surface area contributed by atoms with Crippen LogP contribution in [0.25, 0.3) is 10.8 Å². The Bertz CT molecular complexity index is 817. The Hall–Kier alpha value is -1.90. The van der Waals surface area contributed by atoms with Crippen LogP contribution < -0.4 is 4.90 Å². The maximum Gasteiger partial charge on any atom is 0.139 e. The number of phenolic OH excluding ortho intramolecular Hbond substituents is 1. The van der Waals surface area contributed by atoms with Gasteiger partial charge in [0, 0.05) is 17.5 Å². The Balaban J connectivity index is 2.24. The predicted molar refractivity (Wildman–Crippen MR) is 90.1 cm³/mol. The number of phenols is 1. The van der Waals surface area contributed by atoms with Gasteiger partial charge in [-0.05, 0) is 29.7 Å². The Kier molecular flexibility index (Phi) is 3.66. The summed E-state index contributed by atoms with van der Waals surface area (Å²) < 4.78 is 0. The molecule has 3 aromatic rings. The predicted octanol–water partition coefficient (Wildman–Crippen LogP) is 5.62. The zero-order valence-corrected chi connectivity index (χ0v) is 12.9. The first-order valence-corrected chi connectivity index (χ1v) is 7.23. The Labute approximate surface area is 133 Å². The van der Waals surface area contributed by atoms with Crippen LogP contribution in [0.3, 0.4) is 0 Å². The van der Waals surface area contributed by atoms with Gasteiger partial charge in [0.05, 0.1) is 16.4 Å². The van der Waals surface area contributed by atoms with Gasteiger partial charge in [-0.25, -0.2) is 0 Å². The van der Waals surface area contributed by atoms with Crippen LogP contribution in [-0.4, -0.2) is 12.2 Å². The summed E-state index contributed by atoms with van der Waals surface area (Å²) in [5.74, 6) is 0.201. The van der Waals surface area contributed by atoms with Gasteiger partial charge in [0.15, 0.2) is 0 Å². The minimum Gasteiger partial charge on any atom is -0.506 e. The Morgan fingerprint density at radius 1 is 0.952 bits per heavy atom. The Morgan fingerprint density at radius 3 is 2.52 bits per heavy atom. The molecule has 0 saturated heterocycles. The van der Waals surface area contributed by atoms with Crippen LogP contribution in [0.2, 0.25) is 10.0 Å². The molecule has 0 radical (unpaired) electrons. The monoisotopic (exact) mass is 317 g/mol. The van der Waals surface area contributed by atoms with Gasteiger partial charge < -0.3 is 10.0 Å². The van der Waals surface area contributed by atoms with Crippen molar-refractivity contribution in [3.8, 4) is 5.75 Å². The molecular formula is C17H13Cl2NO. The van der Waals surface area contributed by atoms with E-state index in [0.29, 0.717) is 15.7 Å². The summed E-state index contributed by atoms with van der Waals surface area (Å²) in [5.41, 5.74) is 1.45. The molecule has 0 bridgehead atoms. The topological polar surface area (TPSA) is 23.5 Å². The highest BCUT2D eigenvalue weighted by Crippen LogP contribution is 2.41. The van der Waals surface area contributed by atoms with Gasteiger partial charge in [-0.1, -0.05) is 53.5 Å². The minimum absolute atomic E-state index is 0.201. The molecule has 2 nitrogen and oxygen atoms in total. The standard InChI is InChI=1S/C17H13Cl2NO/c1-20(15-10-12(18)7-8-14(15)19)17-13-5-3-2-4-11(13)6-9-16(17)21/h2-10,21H,1H3. The number of fused-ring (bicyclic) bond motifs is 1. The second-order valence-corrected chi connectivity index (χ2v) is 5.65. The van der Waals surface area contributed by atoms with E-state index in [9.17, 15) is 5.11 Å². The molecule has 1 N–H and O–H groups in total. The zero-order chi connectivity index (χ0) is 15.0. The molecule has 0 spiro atoms. The van der Waals surface area contributed by atoms with Crippen LogP contribution in [0.4, 0.5) is 11.4 Å². The number of rotatable bonds is 2. The van der Waals surface area contributed by atoms with E-state index in [2.05, 4.69) is 0 Å². The number of benzene rings is 3. The molecule has 3 rings (SSSR count). The van der Waals surface area contributed by atoms with Crippen LogP contribution >= 0.6 is 23.2 Å². The second kappa shape index (κ2) is 5.47. The third-order valence-corrected chi connectivity index (χ3v) is 4.04. The van der Waals surface area contributed by atoms with E-state index in [-0.39, 0.29) is 5.75 Å². The normalized spacial score (nSPS) is 10.8. The van der Waals surface area contributed by atoms with Crippen LogP contribution in [-0.2, 0) is 0 Å². The number of hydrogen-bond donors (Lipinski definition) is 1. The summed E-state index contributed by atoms with van der Waals surface area (Å²) in [4.78, 5) is 1.85. The van der Waals surface area contributed by atoms with Gasteiger partial charge in [-0.3, -0.25) is 0 Å². The molecule has 4 heteroatoms. The van der Waals surface area contributed by atoms with E-state index < -0.39 is 0 Å². The van der Waals surface area contributed by atoms with Gasteiger partial charge in [0.25, 0.3) is 0 Å². The van der Waals surface area contributed by atoms with Gasteiger partial charge in [0.1, 0.15) is 5.75 Å². The zero-order valence-electron chi connectivity index (χ0n) is 11.3. The van der Waals surface area contributed by atoms with Crippen molar-refractivity contribution >= 4 is 45.3 Å². The average molecular weight is 318 g/mol. The fraction of sp³-hybridized carbons (Fsp3) is 0.0588. The number of hydrogen-bond acceptors (Lipinski definition) is 2. The van der Waals surface area contributed by atoms with Crippen molar-refractivity contribution in [1.29, 1.82) is 0 Å². The molecule has 0 aliphatic rings. The van der Waals surface area contributed by atoms with Gasteiger partial charge in [0.2, 0.25) is 0 Å². The van der Waals surface area contributed by atoms with Crippen LogP contribution in [0, 0.1) is 0 Å². The van der Waals surface area contributed by atoms with Crippen molar-refractivity contribution in [3.63, 3.8) is 0 Å². The largest absolute Gasteiger partial charge is 0.506 e. The molecule has 106 valence electrons. The lowest BCUT2D eigenvalue weighted by atomic mass is 10.1. The maximum atomic E-state index is 10.3.